The zero-order valence-corrected chi connectivity index (χ0v) is 13.4. The zero-order chi connectivity index (χ0) is 15.0. The molecule has 3 nitrogen and oxygen atoms in total. The summed E-state index contributed by atoms with van der Waals surface area (Å²) in [7, 11) is 2.17. The highest BCUT2D eigenvalue weighted by Gasteiger charge is 2.17. The van der Waals surface area contributed by atoms with Crippen molar-refractivity contribution in [1.82, 2.24) is 4.90 Å². The lowest BCUT2D eigenvalue weighted by molar-refractivity contribution is 0.0908. The van der Waals surface area contributed by atoms with Crippen LogP contribution in [0, 0.1) is 0 Å². The van der Waals surface area contributed by atoms with E-state index in [0.717, 1.165) is 19.4 Å². The summed E-state index contributed by atoms with van der Waals surface area (Å²) in [4.78, 5) is 2.37. The Labute approximate surface area is 123 Å². The van der Waals surface area contributed by atoms with Crippen LogP contribution in [0.25, 0.3) is 0 Å². The first-order valence-corrected chi connectivity index (χ1v) is 7.42. The number of hydrogen-bond donors (Lipinski definition) is 1. The fourth-order valence-electron chi connectivity index (χ4n) is 1.98. The van der Waals surface area contributed by atoms with E-state index in [4.69, 9.17) is 9.84 Å². The van der Waals surface area contributed by atoms with Crippen LogP contribution in [0.2, 0.25) is 0 Å². The third kappa shape index (κ3) is 6.04. The van der Waals surface area contributed by atoms with E-state index < -0.39 is 0 Å². The Morgan fingerprint density at radius 3 is 2.35 bits per heavy atom. The lowest BCUT2D eigenvalue weighted by Gasteiger charge is -2.32. The highest BCUT2D eigenvalue weighted by atomic mass is 16.5. The maximum absolute atomic E-state index is 8.67. The molecule has 20 heavy (non-hydrogen) atoms. The molecule has 0 saturated carbocycles. The van der Waals surface area contributed by atoms with Crippen LogP contribution in [0.15, 0.2) is 24.3 Å². The first-order valence-electron chi connectivity index (χ1n) is 7.42. The second-order valence-corrected chi connectivity index (χ2v) is 6.24. The summed E-state index contributed by atoms with van der Waals surface area (Å²) in [6.45, 7) is 8.93. The minimum atomic E-state index is 0.104. The predicted octanol–water partition coefficient (Wildman–Crippen LogP) is 2.86. The monoisotopic (exact) mass is 279 g/mol. The van der Waals surface area contributed by atoms with Crippen LogP contribution in [0.3, 0.4) is 0 Å². The summed E-state index contributed by atoms with van der Waals surface area (Å²) in [5.74, 6) is 0. The number of aliphatic hydroxyl groups is 1. The Morgan fingerprint density at radius 1 is 1.10 bits per heavy atom. The van der Waals surface area contributed by atoms with Gasteiger partial charge in [0.05, 0.1) is 13.2 Å². The van der Waals surface area contributed by atoms with E-state index in [9.17, 15) is 0 Å². The molecular formula is C17H29NO2. The van der Waals surface area contributed by atoms with E-state index in [2.05, 4.69) is 57.0 Å². The highest BCUT2D eigenvalue weighted by molar-refractivity contribution is 5.27. The molecule has 1 rings (SSSR count). The lowest BCUT2D eigenvalue weighted by atomic mass is 10.0. The molecule has 0 fully saturated rings. The third-order valence-electron chi connectivity index (χ3n) is 3.64. The Morgan fingerprint density at radius 2 is 1.75 bits per heavy atom. The first-order chi connectivity index (χ1) is 9.45. The van der Waals surface area contributed by atoms with Gasteiger partial charge in [0, 0.05) is 18.7 Å². The van der Waals surface area contributed by atoms with Gasteiger partial charge in [-0.05, 0) is 51.8 Å². The van der Waals surface area contributed by atoms with Gasteiger partial charge in [0.25, 0.3) is 0 Å². The van der Waals surface area contributed by atoms with Gasteiger partial charge in [0.15, 0.2) is 0 Å². The van der Waals surface area contributed by atoms with Gasteiger partial charge in [0.2, 0.25) is 0 Å². The smallest absolute Gasteiger partial charge is 0.0697 e. The van der Waals surface area contributed by atoms with Crippen molar-refractivity contribution < 1.29 is 9.84 Å². The van der Waals surface area contributed by atoms with Crippen molar-refractivity contribution in [3.05, 3.63) is 35.4 Å². The summed E-state index contributed by atoms with van der Waals surface area (Å²) in [5, 5.41) is 8.67. The van der Waals surface area contributed by atoms with Gasteiger partial charge in [-0.25, -0.2) is 0 Å². The lowest BCUT2D eigenvalue weighted by Crippen LogP contribution is -2.37. The van der Waals surface area contributed by atoms with Crippen LogP contribution in [0.4, 0.5) is 0 Å². The van der Waals surface area contributed by atoms with Gasteiger partial charge in [0.1, 0.15) is 0 Å². The van der Waals surface area contributed by atoms with Crippen LogP contribution in [-0.2, 0) is 17.7 Å². The van der Waals surface area contributed by atoms with E-state index in [1.54, 1.807) is 0 Å². The first kappa shape index (κ1) is 17.2. The number of aryl methyl sites for hydroxylation is 1. The zero-order valence-electron chi connectivity index (χ0n) is 13.4. The van der Waals surface area contributed by atoms with E-state index >= 15 is 0 Å². The largest absolute Gasteiger partial charge is 0.394 e. The summed E-state index contributed by atoms with van der Waals surface area (Å²) in [6, 6.07) is 8.63. The molecule has 0 unspecified atom stereocenters. The van der Waals surface area contributed by atoms with Crippen LogP contribution in [0.1, 0.15) is 38.3 Å². The fourth-order valence-corrected chi connectivity index (χ4v) is 1.98. The maximum atomic E-state index is 8.67. The van der Waals surface area contributed by atoms with E-state index in [1.807, 2.05) is 0 Å². The molecule has 3 heteroatoms. The van der Waals surface area contributed by atoms with Gasteiger partial charge >= 0.3 is 0 Å². The summed E-state index contributed by atoms with van der Waals surface area (Å²) >= 11 is 0. The Bertz CT molecular complexity index is 385. The molecule has 0 spiro atoms. The van der Waals surface area contributed by atoms with Gasteiger partial charge < -0.3 is 9.84 Å². The maximum Gasteiger partial charge on any atom is 0.0697 e. The Kier molecular flexibility index (Phi) is 7.20. The molecule has 114 valence electrons. The van der Waals surface area contributed by atoms with Crippen molar-refractivity contribution in [1.29, 1.82) is 0 Å². The molecule has 0 heterocycles. The van der Waals surface area contributed by atoms with Gasteiger partial charge in [-0.3, -0.25) is 4.90 Å². The summed E-state index contributed by atoms with van der Waals surface area (Å²) < 4.78 is 5.32. The molecule has 0 aromatic heterocycles. The number of aliphatic hydroxyl groups excluding tert-OH is 1. The van der Waals surface area contributed by atoms with Gasteiger partial charge in [-0.2, -0.15) is 0 Å². The van der Waals surface area contributed by atoms with Crippen molar-refractivity contribution in [2.24, 2.45) is 0 Å². The van der Waals surface area contributed by atoms with Gasteiger partial charge in [-0.15, -0.1) is 0 Å². The number of ether oxygens (including phenoxy) is 1. The Hall–Kier alpha value is -0.900. The number of nitrogens with zero attached hydrogens (tertiary/aromatic N) is 1. The van der Waals surface area contributed by atoms with Crippen LogP contribution >= 0.6 is 0 Å². The fraction of sp³-hybridized carbons (Fsp3) is 0.647. The minimum absolute atomic E-state index is 0.104. The summed E-state index contributed by atoms with van der Waals surface area (Å²) in [6.07, 6.45) is 2.02. The molecule has 0 aliphatic heterocycles. The molecule has 0 amide bonds. The molecular weight excluding hydrogens is 250 g/mol. The van der Waals surface area contributed by atoms with Crippen molar-refractivity contribution in [3.8, 4) is 0 Å². The minimum Gasteiger partial charge on any atom is -0.394 e. The molecule has 0 aliphatic rings. The molecule has 0 bridgehead atoms. The topological polar surface area (TPSA) is 32.7 Å². The highest BCUT2D eigenvalue weighted by Crippen LogP contribution is 2.18. The predicted molar refractivity (Wildman–Crippen MR) is 83.9 cm³/mol. The number of hydrogen-bond acceptors (Lipinski definition) is 3. The van der Waals surface area contributed by atoms with E-state index in [1.165, 1.54) is 11.1 Å². The molecule has 1 N–H and O–H groups in total. The quantitative estimate of drug-likeness (QED) is 0.743. The van der Waals surface area contributed by atoms with E-state index in [-0.39, 0.29) is 12.1 Å². The van der Waals surface area contributed by atoms with Crippen molar-refractivity contribution >= 4 is 0 Å². The standard InChI is InChI=1S/C17H29NO2/c1-17(2,3)18(4)14-16-9-6-5-8-15(16)10-7-12-20-13-11-19/h5-6,8-9,19H,7,10-14H2,1-4H3. The van der Waals surface area contributed by atoms with Crippen molar-refractivity contribution in [2.45, 2.75) is 45.7 Å². The average molecular weight is 279 g/mol. The van der Waals surface area contributed by atoms with E-state index in [0.29, 0.717) is 13.2 Å². The van der Waals surface area contributed by atoms with Crippen LogP contribution < -0.4 is 0 Å². The second-order valence-electron chi connectivity index (χ2n) is 6.24. The number of rotatable bonds is 8. The summed E-state index contributed by atoms with van der Waals surface area (Å²) in [5.41, 5.74) is 2.97. The van der Waals surface area contributed by atoms with Crippen molar-refractivity contribution in [3.63, 3.8) is 0 Å². The molecule has 1 aromatic rings. The average Bonchev–Trinajstić information content (AvgIpc) is 2.39. The third-order valence-corrected chi connectivity index (χ3v) is 3.64. The van der Waals surface area contributed by atoms with Gasteiger partial charge in [-0.1, -0.05) is 24.3 Å². The van der Waals surface area contributed by atoms with Crippen molar-refractivity contribution in [2.75, 3.05) is 26.9 Å². The number of benzene rings is 1. The van der Waals surface area contributed by atoms with Crippen LogP contribution in [0.5, 0.6) is 0 Å². The molecule has 0 atom stereocenters. The molecule has 1 aromatic carbocycles. The van der Waals surface area contributed by atoms with Crippen LogP contribution in [-0.4, -0.2) is 42.4 Å². The molecule has 0 aliphatic carbocycles. The Balaban J connectivity index is 2.55. The SMILES string of the molecule is CN(Cc1ccccc1CCCOCCO)C(C)(C)C. The second kappa shape index (κ2) is 8.40. The molecule has 0 saturated heterocycles. The molecule has 0 radical (unpaired) electrons. The normalized spacial score (nSPS) is 12.1.